The highest BCUT2D eigenvalue weighted by atomic mass is 32.1. The fourth-order valence-electron chi connectivity index (χ4n) is 2.59. The number of Topliss-reactive ketones (excluding diaryl/α,β-unsaturated/α-hetero) is 1. The minimum Gasteiger partial charge on any atom is -0.305 e. The molecule has 1 aromatic heterocycles. The maximum Gasteiger partial charge on any atom is 0.183 e. The van der Waals surface area contributed by atoms with Crippen molar-refractivity contribution < 1.29 is 4.79 Å². The Morgan fingerprint density at radius 3 is 2.94 bits per heavy atom. The van der Waals surface area contributed by atoms with E-state index in [0.717, 1.165) is 37.8 Å². The molecule has 0 saturated carbocycles. The molecule has 0 bridgehead atoms. The molecular formula is C13H19NOS. The number of ketones is 1. The lowest BCUT2D eigenvalue weighted by atomic mass is 9.84. The lowest BCUT2D eigenvalue weighted by Gasteiger charge is -2.27. The number of carbonyl (C=O) groups excluding carboxylic acids is 1. The molecule has 2 heterocycles. The number of carbonyl (C=O) groups is 1. The lowest BCUT2D eigenvalue weighted by molar-refractivity contribution is 0.0858. The smallest absolute Gasteiger partial charge is 0.183 e. The predicted molar refractivity (Wildman–Crippen MR) is 68.3 cm³/mol. The Morgan fingerprint density at radius 2 is 2.44 bits per heavy atom. The van der Waals surface area contributed by atoms with Crippen LogP contribution in [0.3, 0.4) is 0 Å². The Kier molecular flexibility index (Phi) is 3.45. The summed E-state index contributed by atoms with van der Waals surface area (Å²) in [5.74, 6) is 0.302. The van der Waals surface area contributed by atoms with Gasteiger partial charge in [0.1, 0.15) is 0 Å². The molecule has 2 rings (SSSR count). The standard InChI is InChI=1S/C13H19NOS/c1-3-5-13(6-4-7-14-13)12(15)11-8-10(2)16-9-11/h8-9,14H,3-7H2,1-2H3. The maximum absolute atomic E-state index is 12.5. The fourth-order valence-corrected chi connectivity index (χ4v) is 3.28. The van der Waals surface area contributed by atoms with E-state index in [4.69, 9.17) is 0 Å². The quantitative estimate of drug-likeness (QED) is 0.815. The van der Waals surface area contributed by atoms with Crippen LogP contribution >= 0.6 is 11.3 Å². The van der Waals surface area contributed by atoms with Gasteiger partial charge in [-0.2, -0.15) is 0 Å². The molecule has 1 atom stereocenters. The third kappa shape index (κ3) is 2.06. The number of rotatable bonds is 4. The Morgan fingerprint density at radius 1 is 1.62 bits per heavy atom. The van der Waals surface area contributed by atoms with Crippen LogP contribution in [-0.2, 0) is 0 Å². The molecule has 16 heavy (non-hydrogen) atoms. The molecule has 0 amide bonds. The van der Waals surface area contributed by atoms with E-state index >= 15 is 0 Å². The molecule has 88 valence electrons. The van der Waals surface area contributed by atoms with E-state index < -0.39 is 0 Å². The number of thiophene rings is 1. The normalized spacial score (nSPS) is 24.9. The molecule has 1 unspecified atom stereocenters. The average Bonchev–Trinajstić information content (AvgIpc) is 2.87. The molecule has 1 fully saturated rings. The maximum atomic E-state index is 12.5. The summed E-state index contributed by atoms with van der Waals surface area (Å²) in [5, 5.41) is 5.43. The van der Waals surface area contributed by atoms with Crippen LogP contribution < -0.4 is 5.32 Å². The van der Waals surface area contributed by atoms with Crippen LogP contribution in [0.4, 0.5) is 0 Å². The molecular weight excluding hydrogens is 218 g/mol. The minimum absolute atomic E-state index is 0.262. The highest BCUT2D eigenvalue weighted by Gasteiger charge is 2.40. The molecule has 1 aromatic rings. The molecule has 0 aromatic carbocycles. The van der Waals surface area contributed by atoms with E-state index in [1.807, 2.05) is 11.4 Å². The van der Waals surface area contributed by atoms with Crippen molar-refractivity contribution in [2.75, 3.05) is 6.54 Å². The van der Waals surface area contributed by atoms with E-state index in [-0.39, 0.29) is 5.54 Å². The Labute approximate surface area is 101 Å². The van der Waals surface area contributed by atoms with Crippen molar-refractivity contribution in [1.82, 2.24) is 5.32 Å². The summed E-state index contributed by atoms with van der Waals surface area (Å²) in [6, 6.07) is 2.02. The van der Waals surface area contributed by atoms with Crippen molar-refractivity contribution in [3.05, 3.63) is 21.9 Å². The van der Waals surface area contributed by atoms with Crippen molar-refractivity contribution in [1.29, 1.82) is 0 Å². The van der Waals surface area contributed by atoms with Crippen LogP contribution in [0.2, 0.25) is 0 Å². The van der Waals surface area contributed by atoms with Gasteiger partial charge in [-0.15, -0.1) is 11.3 Å². The lowest BCUT2D eigenvalue weighted by Crippen LogP contribution is -2.47. The molecule has 0 aliphatic carbocycles. The summed E-state index contributed by atoms with van der Waals surface area (Å²) in [5.41, 5.74) is 0.632. The summed E-state index contributed by atoms with van der Waals surface area (Å²) in [7, 11) is 0. The average molecular weight is 237 g/mol. The number of nitrogens with one attached hydrogen (secondary N) is 1. The van der Waals surface area contributed by atoms with Crippen molar-refractivity contribution >= 4 is 17.1 Å². The zero-order chi connectivity index (χ0) is 11.6. The Balaban J connectivity index is 2.23. The van der Waals surface area contributed by atoms with Gasteiger partial charge in [0.05, 0.1) is 5.54 Å². The van der Waals surface area contributed by atoms with Crippen LogP contribution in [0.1, 0.15) is 47.8 Å². The first-order chi connectivity index (χ1) is 7.68. The topological polar surface area (TPSA) is 29.1 Å². The minimum atomic E-state index is -0.262. The molecule has 0 spiro atoms. The van der Waals surface area contributed by atoms with Crippen molar-refractivity contribution in [3.63, 3.8) is 0 Å². The van der Waals surface area contributed by atoms with Crippen LogP contribution in [0.5, 0.6) is 0 Å². The van der Waals surface area contributed by atoms with Gasteiger partial charge in [0, 0.05) is 15.8 Å². The Bertz CT molecular complexity index is 377. The van der Waals surface area contributed by atoms with Gasteiger partial charge < -0.3 is 5.32 Å². The highest BCUT2D eigenvalue weighted by Crippen LogP contribution is 2.30. The first kappa shape index (κ1) is 11.8. The zero-order valence-electron chi connectivity index (χ0n) is 10.0. The first-order valence-corrected chi connectivity index (χ1v) is 6.91. The zero-order valence-corrected chi connectivity index (χ0v) is 10.8. The molecule has 2 nitrogen and oxygen atoms in total. The summed E-state index contributed by atoms with van der Waals surface area (Å²) in [4.78, 5) is 13.7. The van der Waals surface area contributed by atoms with Gasteiger partial charge in [0.15, 0.2) is 5.78 Å². The van der Waals surface area contributed by atoms with Gasteiger partial charge in [-0.3, -0.25) is 4.79 Å². The van der Waals surface area contributed by atoms with Crippen molar-refractivity contribution in [2.24, 2.45) is 0 Å². The largest absolute Gasteiger partial charge is 0.305 e. The van der Waals surface area contributed by atoms with Gasteiger partial charge in [-0.1, -0.05) is 13.3 Å². The second-order valence-electron chi connectivity index (χ2n) is 4.64. The van der Waals surface area contributed by atoms with Gasteiger partial charge in [-0.25, -0.2) is 0 Å². The molecule has 3 heteroatoms. The molecule has 1 saturated heterocycles. The second kappa shape index (κ2) is 4.68. The van der Waals surface area contributed by atoms with E-state index in [1.54, 1.807) is 11.3 Å². The van der Waals surface area contributed by atoms with Crippen LogP contribution in [-0.4, -0.2) is 17.9 Å². The SMILES string of the molecule is CCCC1(C(=O)c2csc(C)c2)CCCN1. The molecule has 0 radical (unpaired) electrons. The van der Waals surface area contributed by atoms with Gasteiger partial charge in [0.25, 0.3) is 0 Å². The number of hydrogen-bond acceptors (Lipinski definition) is 3. The van der Waals surface area contributed by atoms with Crippen LogP contribution in [0, 0.1) is 6.92 Å². The third-order valence-electron chi connectivity index (χ3n) is 3.35. The summed E-state index contributed by atoms with van der Waals surface area (Å²) in [6.07, 6.45) is 4.13. The van der Waals surface area contributed by atoms with Crippen LogP contribution in [0.25, 0.3) is 0 Å². The number of aryl methyl sites for hydroxylation is 1. The predicted octanol–water partition coefficient (Wildman–Crippen LogP) is 3.16. The van der Waals surface area contributed by atoms with Crippen LogP contribution in [0.15, 0.2) is 11.4 Å². The van der Waals surface area contributed by atoms with Crippen molar-refractivity contribution in [2.45, 2.75) is 45.1 Å². The highest BCUT2D eigenvalue weighted by molar-refractivity contribution is 7.10. The van der Waals surface area contributed by atoms with E-state index in [0.29, 0.717) is 5.78 Å². The van der Waals surface area contributed by atoms with Crippen molar-refractivity contribution in [3.8, 4) is 0 Å². The van der Waals surface area contributed by atoms with Gasteiger partial charge in [-0.05, 0) is 38.8 Å². The van der Waals surface area contributed by atoms with Gasteiger partial charge >= 0.3 is 0 Å². The second-order valence-corrected chi connectivity index (χ2v) is 5.75. The van der Waals surface area contributed by atoms with E-state index in [2.05, 4.69) is 19.2 Å². The summed E-state index contributed by atoms with van der Waals surface area (Å²) >= 11 is 1.66. The molecule has 1 N–H and O–H groups in total. The summed E-state index contributed by atoms with van der Waals surface area (Å²) in [6.45, 7) is 5.18. The monoisotopic (exact) mass is 237 g/mol. The van der Waals surface area contributed by atoms with E-state index in [9.17, 15) is 4.79 Å². The number of hydrogen-bond donors (Lipinski definition) is 1. The third-order valence-corrected chi connectivity index (χ3v) is 4.21. The fraction of sp³-hybridized carbons (Fsp3) is 0.615. The molecule has 1 aliphatic rings. The Hall–Kier alpha value is -0.670. The molecule has 1 aliphatic heterocycles. The first-order valence-electron chi connectivity index (χ1n) is 6.03. The van der Waals surface area contributed by atoms with E-state index in [1.165, 1.54) is 4.88 Å². The van der Waals surface area contributed by atoms with Gasteiger partial charge in [0.2, 0.25) is 0 Å². The summed E-state index contributed by atoms with van der Waals surface area (Å²) < 4.78 is 0.